The van der Waals surface area contributed by atoms with E-state index in [1.165, 1.54) is 13.2 Å². The molecule has 172 valence electrons. The molecule has 2 rings (SSSR count). The Bertz CT molecular complexity index is 973. The summed E-state index contributed by atoms with van der Waals surface area (Å²) in [6.45, 7) is 12.1. The zero-order valence-electron chi connectivity index (χ0n) is 19.3. The lowest BCUT2D eigenvalue weighted by Gasteiger charge is -2.20. The molecule has 0 atom stereocenters. The lowest BCUT2D eigenvalue weighted by Crippen LogP contribution is -2.35. The van der Waals surface area contributed by atoms with Gasteiger partial charge in [-0.25, -0.2) is 4.79 Å². The van der Waals surface area contributed by atoms with Crippen molar-refractivity contribution in [1.82, 2.24) is 10.1 Å². The Hall–Kier alpha value is -3.55. The van der Waals surface area contributed by atoms with Gasteiger partial charge in [0.2, 0.25) is 0 Å². The zero-order chi connectivity index (χ0) is 23.7. The molecule has 0 saturated carbocycles. The summed E-state index contributed by atoms with van der Waals surface area (Å²) < 4.78 is 21.4. The maximum absolute atomic E-state index is 12.1. The van der Waals surface area contributed by atoms with Crippen LogP contribution in [0.2, 0.25) is 0 Å². The average Bonchev–Trinajstić information content (AvgIpc) is 3.10. The molecule has 0 unspecified atom stereocenters. The lowest BCUT2D eigenvalue weighted by atomic mass is 10.2. The fraction of sp³-hybridized carbons (Fsp3) is 0.375. The summed E-state index contributed by atoms with van der Waals surface area (Å²) in [4.78, 5) is 25.7. The maximum Gasteiger partial charge on any atom is 0.331 e. The van der Waals surface area contributed by atoms with Gasteiger partial charge >= 0.3 is 5.97 Å². The van der Waals surface area contributed by atoms with Crippen molar-refractivity contribution in [3.8, 4) is 11.5 Å². The molecule has 1 heterocycles. The number of nitrogens with zero attached hydrogens (tertiary/aromatic N) is 2. The van der Waals surface area contributed by atoms with Crippen LogP contribution in [0.4, 0.5) is 0 Å². The molecule has 2 aromatic rings. The molecule has 8 nitrogen and oxygen atoms in total. The van der Waals surface area contributed by atoms with E-state index in [2.05, 4.69) is 11.7 Å². The van der Waals surface area contributed by atoms with Gasteiger partial charge in [0, 0.05) is 19.2 Å². The number of hydrogen-bond acceptors (Lipinski definition) is 7. The Labute approximate surface area is 188 Å². The molecular weight excluding hydrogens is 412 g/mol. The second-order valence-corrected chi connectivity index (χ2v) is 7.31. The molecule has 1 aromatic heterocycles. The number of hydrogen-bond donors (Lipinski definition) is 0. The summed E-state index contributed by atoms with van der Waals surface area (Å²) in [5.74, 6) is 0.900. The Kier molecular flexibility index (Phi) is 9.07. The van der Waals surface area contributed by atoms with E-state index in [1.54, 1.807) is 29.2 Å². The number of likely N-dealkylation sites (N-methyl/N-ethyl adjacent to an activating group) is 1. The Balaban J connectivity index is 1.95. The summed E-state index contributed by atoms with van der Waals surface area (Å²) in [5.41, 5.74) is 3.24. The molecule has 8 heteroatoms. The SMILES string of the molecule is C=C(C)CN(CC)C(=O)COC(=O)/C=C/c1ccc(OCc2c(C)noc2C)c(OC)c1. The molecule has 0 N–H and O–H groups in total. The van der Waals surface area contributed by atoms with Gasteiger partial charge < -0.3 is 23.6 Å². The summed E-state index contributed by atoms with van der Waals surface area (Å²) >= 11 is 0. The quantitative estimate of drug-likeness (QED) is 0.296. The number of aryl methyl sites for hydroxylation is 2. The maximum atomic E-state index is 12.1. The van der Waals surface area contributed by atoms with Crippen molar-refractivity contribution in [2.45, 2.75) is 34.3 Å². The van der Waals surface area contributed by atoms with Crippen molar-refractivity contribution in [3.63, 3.8) is 0 Å². The zero-order valence-corrected chi connectivity index (χ0v) is 19.3. The third kappa shape index (κ3) is 7.01. The van der Waals surface area contributed by atoms with Gasteiger partial charge in [0.15, 0.2) is 18.1 Å². The third-order valence-electron chi connectivity index (χ3n) is 4.69. The van der Waals surface area contributed by atoms with Crippen molar-refractivity contribution in [1.29, 1.82) is 0 Å². The van der Waals surface area contributed by atoms with E-state index in [9.17, 15) is 9.59 Å². The number of carbonyl (C=O) groups is 2. The first-order valence-corrected chi connectivity index (χ1v) is 10.2. The number of benzene rings is 1. The highest BCUT2D eigenvalue weighted by atomic mass is 16.5. The minimum absolute atomic E-state index is 0.265. The molecule has 0 bridgehead atoms. The van der Waals surface area contributed by atoms with E-state index in [4.69, 9.17) is 18.7 Å². The molecule has 0 saturated heterocycles. The average molecular weight is 443 g/mol. The molecule has 1 amide bonds. The fourth-order valence-corrected chi connectivity index (χ4v) is 2.90. The van der Waals surface area contributed by atoms with E-state index < -0.39 is 5.97 Å². The Morgan fingerprint density at radius 3 is 2.59 bits per heavy atom. The molecule has 0 spiro atoms. The van der Waals surface area contributed by atoms with Crippen molar-refractivity contribution in [2.75, 3.05) is 26.8 Å². The number of carbonyl (C=O) groups excluding carboxylic acids is 2. The van der Waals surface area contributed by atoms with Crippen LogP contribution in [0, 0.1) is 13.8 Å². The highest BCUT2D eigenvalue weighted by Gasteiger charge is 2.14. The van der Waals surface area contributed by atoms with Crippen LogP contribution in [0.5, 0.6) is 11.5 Å². The van der Waals surface area contributed by atoms with E-state index in [-0.39, 0.29) is 12.5 Å². The van der Waals surface area contributed by atoms with Crippen LogP contribution in [-0.4, -0.2) is 48.7 Å². The standard InChI is InChI=1S/C24H30N2O6/c1-7-26(13-16(2)3)23(27)15-31-24(28)11-9-19-8-10-21(22(12-19)29-6)30-14-20-17(4)25-32-18(20)5/h8-12H,2,7,13-15H2,1,3-6H3/b11-9+. The highest BCUT2D eigenvalue weighted by Crippen LogP contribution is 2.30. The van der Waals surface area contributed by atoms with Gasteiger partial charge in [0.25, 0.3) is 5.91 Å². The number of aromatic nitrogens is 1. The Morgan fingerprint density at radius 1 is 1.25 bits per heavy atom. The summed E-state index contributed by atoms with van der Waals surface area (Å²) in [6, 6.07) is 5.28. The van der Waals surface area contributed by atoms with E-state index >= 15 is 0 Å². The molecule has 0 radical (unpaired) electrons. The smallest absolute Gasteiger partial charge is 0.331 e. The summed E-state index contributed by atoms with van der Waals surface area (Å²) in [6.07, 6.45) is 2.85. The van der Waals surface area contributed by atoms with Gasteiger partial charge in [-0.2, -0.15) is 0 Å². The number of methoxy groups -OCH3 is 1. The minimum atomic E-state index is -0.609. The van der Waals surface area contributed by atoms with Crippen LogP contribution in [0.1, 0.15) is 36.4 Å². The van der Waals surface area contributed by atoms with Crippen molar-refractivity contribution >= 4 is 18.0 Å². The first-order valence-electron chi connectivity index (χ1n) is 10.2. The fourth-order valence-electron chi connectivity index (χ4n) is 2.90. The molecule has 32 heavy (non-hydrogen) atoms. The summed E-state index contributed by atoms with van der Waals surface area (Å²) in [5, 5.41) is 3.91. The van der Waals surface area contributed by atoms with Crippen LogP contribution >= 0.6 is 0 Å². The largest absolute Gasteiger partial charge is 0.493 e. The minimum Gasteiger partial charge on any atom is -0.493 e. The van der Waals surface area contributed by atoms with Crippen LogP contribution in [0.15, 0.2) is 41.0 Å². The number of ether oxygens (including phenoxy) is 3. The summed E-state index contributed by atoms with van der Waals surface area (Å²) in [7, 11) is 1.54. The second kappa shape index (κ2) is 11.7. The van der Waals surface area contributed by atoms with Gasteiger partial charge in [-0.05, 0) is 51.5 Å². The monoisotopic (exact) mass is 442 g/mol. The number of amides is 1. The second-order valence-electron chi connectivity index (χ2n) is 7.31. The van der Waals surface area contributed by atoms with Gasteiger partial charge in [0.05, 0.1) is 18.4 Å². The van der Waals surface area contributed by atoms with E-state index in [0.29, 0.717) is 42.5 Å². The van der Waals surface area contributed by atoms with Crippen molar-refractivity contribution in [3.05, 3.63) is 59.0 Å². The normalized spacial score (nSPS) is 10.8. The molecule has 0 aliphatic heterocycles. The molecule has 0 fully saturated rings. The highest BCUT2D eigenvalue weighted by molar-refractivity contribution is 5.89. The first kappa shape index (κ1) is 24.7. The third-order valence-corrected chi connectivity index (χ3v) is 4.69. The van der Waals surface area contributed by atoms with Crippen LogP contribution in [0.25, 0.3) is 6.08 Å². The molecular formula is C24H30N2O6. The molecule has 0 aliphatic carbocycles. The lowest BCUT2D eigenvalue weighted by molar-refractivity contribution is -0.147. The van der Waals surface area contributed by atoms with Gasteiger partial charge in [-0.15, -0.1) is 0 Å². The topological polar surface area (TPSA) is 91.1 Å². The molecule has 1 aromatic carbocycles. The van der Waals surface area contributed by atoms with Crippen molar-refractivity contribution < 1.29 is 28.3 Å². The number of rotatable bonds is 11. The van der Waals surface area contributed by atoms with E-state index in [0.717, 1.165) is 16.8 Å². The molecule has 0 aliphatic rings. The Morgan fingerprint density at radius 2 is 2.00 bits per heavy atom. The van der Waals surface area contributed by atoms with Crippen LogP contribution in [-0.2, 0) is 20.9 Å². The van der Waals surface area contributed by atoms with Crippen LogP contribution < -0.4 is 9.47 Å². The van der Waals surface area contributed by atoms with Crippen LogP contribution in [0.3, 0.4) is 0 Å². The van der Waals surface area contributed by atoms with Crippen molar-refractivity contribution in [2.24, 2.45) is 0 Å². The van der Waals surface area contributed by atoms with Gasteiger partial charge in [0.1, 0.15) is 12.4 Å². The predicted octanol–water partition coefficient (Wildman–Crippen LogP) is 3.86. The predicted molar refractivity (Wildman–Crippen MR) is 120 cm³/mol. The number of esters is 1. The van der Waals surface area contributed by atoms with Gasteiger partial charge in [-0.1, -0.05) is 23.4 Å². The van der Waals surface area contributed by atoms with E-state index in [1.807, 2.05) is 27.7 Å². The van der Waals surface area contributed by atoms with Gasteiger partial charge in [-0.3, -0.25) is 4.79 Å². The first-order chi connectivity index (χ1) is 15.2.